The second-order valence-corrected chi connectivity index (χ2v) is 7.35. The fourth-order valence-electron chi connectivity index (χ4n) is 3.04. The molecule has 0 aliphatic rings. The van der Waals surface area contributed by atoms with Crippen LogP contribution in [0.25, 0.3) is 16.6 Å². The number of aryl methyl sites for hydroxylation is 3. The lowest BCUT2D eigenvalue weighted by Gasteiger charge is -2.08. The molecule has 0 aliphatic heterocycles. The monoisotopic (exact) mass is 360 g/mol. The molecule has 0 unspecified atom stereocenters. The maximum atomic E-state index is 4.63. The number of para-hydroxylation sites is 1. The Hall–Kier alpha value is -2.66. The maximum Gasteiger partial charge on any atom is 0.127 e. The van der Waals surface area contributed by atoms with Crippen molar-refractivity contribution >= 4 is 22.7 Å². The first-order chi connectivity index (χ1) is 12.6. The van der Waals surface area contributed by atoms with Crippen LogP contribution in [0.1, 0.15) is 22.8 Å². The third kappa shape index (κ3) is 3.35. The van der Waals surface area contributed by atoms with Crippen molar-refractivity contribution in [3.63, 3.8) is 0 Å². The van der Waals surface area contributed by atoms with Gasteiger partial charge in [0.2, 0.25) is 0 Å². The van der Waals surface area contributed by atoms with Gasteiger partial charge in [-0.1, -0.05) is 30.3 Å². The zero-order valence-corrected chi connectivity index (χ0v) is 15.9. The van der Waals surface area contributed by atoms with Gasteiger partial charge in [-0.25, -0.2) is 14.6 Å². The van der Waals surface area contributed by atoms with E-state index in [0.29, 0.717) is 0 Å². The molecule has 26 heavy (non-hydrogen) atoms. The average Bonchev–Trinajstić information content (AvgIpc) is 2.98. The molecule has 0 aliphatic carbocycles. The van der Waals surface area contributed by atoms with Gasteiger partial charge < -0.3 is 0 Å². The van der Waals surface area contributed by atoms with E-state index in [1.165, 1.54) is 5.56 Å². The van der Waals surface area contributed by atoms with Crippen LogP contribution < -0.4 is 0 Å². The summed E-state index contributed by atoms with van der Waals surface area (Å²) in [5.41, 5.74) is 5.54. The van der Waals surface area contributed by atoms with Gasteiger partial charge in [0.15, 0.2) is 0 Å². The van der Waals surface area contributed by atoms with Crippen molar-refractivity contribution in [1.29, 1.82) is 0 Å². The van der Waals surface area contributed by atoms with Crippen molar-refractivity contribution < 1.29 is 0 Å². The predicted octanol–water partition coefficient (Wildman–Crippen LogP) is 5.03. The maximum absolute atomic E-state index is 4.63. The number of hydrogen-bond acceptors (Lipinski definition) is 4. The predicted molar refractivity (Wildman–Crippen MR) is 107 cm³/mol. The van der Waals surface area contributed by atoms with Gasteiger partial charge in [-0.05, 0) is 50.6 Å². The molecule has 0 bridgehead atoms. The fourth-order valence-corrected chi connectivity index (χ4v) is 4.06. The second kappa shape index (κ2) is 6.92. The van der Waals surface area contributed by atoms with Crippen molar-refractivity contribution in [1.82, 2.24) is 19.7 Å². The minimum absolute atomic E-state index is 0.811. The summed E-state index contributed by atoms with van der Waals surface area (Å²) >= 11 is 1.75. The Morgan fingerprint density at radius 2 is 1.69 bits per heavy atom. The molecule has 4 nitrogen and oxygen atoms in total. The molecule has 4 rings (SSSR count). The Balaban J connectivity index is 1.55. The molecule has 2 heterocycles. The Kier molecular flexibility index (Phi) is 4.47. The molecule has 0 fully saturated rings. The summed E-state index contributed by atoms with van der Waals surface area (Å²) in [6, 6.07) is 18.8. The normalized spacial score (nSPS) is 11.2. The minimum atomic E-state index is 0.811. The highest BCUT2D eigenvalue weighted by molar-refractivity contribution is 7.98. The van der Waals surface area contributed by atoms with Crippen LogP contribution in [0.2, 0.25) is 0 Å². The summed E-state index contributed by atoms with van der Waals surface area (Å²) in [5.74, 6) is 1.68. The molecule has 130 valence electrons. The number of rotatable bonds is 4. The van der Waals surface area contributed by atoms with Crippen LogP contribution in [0.5, 0.6) is 0 Å². The van der Waals surface area contributed by atoms with Gasteiger partial charge in [0.25, 0.3) is 0 Å². The van der Waals surface area contributed by atoms with Crippen molar-refractivity contribution in [3.8, 4) is 5.69 Å². The molecule has 0 radical (unpaired) electrons. The van der Waals surface area contributed by atoms with E-state index in [9.17, 15) is 0 Å². The van der Waals surface area contributed by atoms with E-state index in [1.54, 1.807) is 11.8 Å². The van der Waals surface area contributed by atoms with E-state index in [0.717, 1.165) is 44.6 Å². The molecule has 0 amide bonds. The number of thioether (sulfide) groups is 1. The van der Waals surface area contributed by atoms with Crippen LogP contribution in [-0.4, -0.2) is 19.7 Å². The first-order valence-corrected chi connectivity index (χ1v) is 9.57. The molecule has 2 aromatic carbocycles. The summed E-state index contributed by atoms with van der Waals surface area (Å²) < 4.78 is 1.98. The first kappa shape index (κ1) is 16.8. The lowest BCUT2D eigenvalue weighted by molar-refractivity contribution is 0.833. The van der Waals surface area contributed by atoms with E-state index in [1.807, 2.05) is 36.7 Å². The quantitative estimate of drug-likeness (QED) is 0.378. The molecule has 0 saturated carbocycles. The highest BCUT2D eigenvalue weighted by Crippen LogP contribution is 2.28. The molecular formula is C21H20N4S. The Morgan fingerprint density at radius 3 is 2.42 bits per heavy atom. The van der Waals surface area contributed by atoms with Gasteiger partial charge in [-0.15, -0.1) is 11.8 Å². The van der Waals surface area contributed by atoms with Crippen LogP contribution in [0, 0.1) is 20.8 Å². The van der Waals surface area contributed by atoms with Gasteiger partial charge in [0, 0.05) is 16.8 Å². The van der Waals surface area contributed by atoms with Gasteiger partial charge in [0.1, 0.15) is 10.9 Å². The highest BCUT2D eigenvalue weighted by atomic mass is 32.2. The molecule has 0 N–H and O–H groups in total. The van der Waals surface area contributed by atoms with E-state index in [-0.39, 0.29) is 0 Å². The van der Waals surface area contributed by atoms with Crippen LogP contribution in [0.4, 0.5) is 0 Å². The first-order valence-electron chi connectivity index (χ1n) is 8.59. The van der Waals surface area contributed by atoms with Crippen molar-refractivity contribution in [3.05, 3.63) is 77.4 Å². The SMILES string of the molecule is Cc1cc(C)n(-c2ccc(CSc3nc(C)nc4ccccc34)cc2)n1. The van der Waals surface area contributed by atoms with Gasteiger partial charge in [0.05, 0.1) is 16.9 Å². The average molecular weight is 360 g/mol. The minimum Gasteiger partial charge on any atom is -0.238 e. The van der Waals surface area contributed by atoms with E-state index < -0.39 is 0 Å². The van der Waals surface area contributed by atoms with E-state index in [2.05, 4.69) is 58.4 Å². The third-order valence-corrected chi connectivity index (χ3v) is 5.31. The lowest BCUT2D eigenvalue weighted by atomic mass is 10.2. The van der Waals surface area contributed by atoms with Crippen molar-refractivity contribution in [2.45, 2.75) is 31.6 Å². The molecule has 0 spiro atoms. The standard InChI is InChI=1S/C21H20N4S/c1-14-12-15(2)25(24-14)18-10-8-17(9-11-18)13-26-21-19-6-4-5-7-20(19)22-16(3)23-21/h4-12H,13H2,1-3H3. The van der Waals surface area contributed by atoms with Gasteiger partial charge >= 0.3 is 0 Å². The van der Waals surface area contributed by atoms with Crippen LogP contribution >= 0.6 is 11.8 Å². The number of fused-ring (bicyclic) bond motifs is 1. The molecule has 4 aromatic rings. The van der Waals surface area contributed by atoms with E-state index in [4.69, 9.17) is 0 Å². The number of aromatic nitrogens is 4. The topological polar surface area (TPSA) is 43.6 Å². The van der Waals surface area contributed by atoms with Gasteiger partial charge in [-0.3, -0.25) is 0 Å². The molecule has 2 aromatic heterocycles. The van der Waals surface area contributed by atoms with Crippen LogP contribution in [-0.2, 0) is 5.75 Å². The van der Waals surface area contributed by atoms with Crippen LogP contribution in [0.3, 0.4) is 0 Å². The third-order valence-electron chi connectivity index (χ3n) is 4.25. The van der Waals surface area contributed by atoms with E-state index >= 15 is 0 Å². The Bertz CT molecular complexity index is 1070. The van der Waals surface area contributed by atoms with Gasteiger partial charge in [-0.2, -0.15) is 5.10 Å². The Morgan fingerprint density at radius 1 is 0.923 bits per heavy atom. The van der Waals surface area contributed by atoms with Crippen molar-refractivity contribution in [2.24, 2.45) is 0 Å². The summed E-state index contributed by atoms with van der Waals surface area (Å²) in [5, 5.41) is 6.69. The highest BCUT2D eigenvalue weighted by Gasteiger charge is 2.07. The molecule has 0 saturated heterocycles. The fraction of sp³-hybridized carbons (Fsp3) is 0.190. The summed E-state index contributed by atoms with van der Waals surface area (Å²) in [4.78, 5) is 9.15. The summed E-state index contributed by atoms with van der Waals surface area (Å²) in [6.07, 6.45) is 0. The zero-order valence-electron chi connectivity index (χ0n) is 15.1. The number of nitrogens with zero attached hydrogens (tertiary/aromatic N) is 4. The zero-order chi connectivity index (χ0) is 18.1. The molecule has 5 heteroatoms. The summed E-state index contributed by atoms with van der Waals surface area (Å²) in [7, 11) is 0. The molecule has 0 atom stereocenters. The smallest absolute Gasteiger partial charge is 0.127 e. The number of hydrogen-bond donors (Lipinski definition) is 0. The Labute approximate surface area is 157 Å². The largest absolute Gasteiger partial charge is 0.238 e. The molecular weight excluding hydrogens is 340 g/mol. The number of benzene rings is 2. The second-order valence-electron chi connectivity index (χ2n) is 6.39. The van der Waals surface area contributed by atoms with Crippen molar-refractivity contribution in [2.75, 3.05) is 0 Å². The summed E-state index contributed by atoms with van der Waals surface area (Å²) in [6.45, 7) is 6.04. The lowest BCUT2D eigenvalue weighted by Crippen LogP contribution is -1.99. The van der Waals surface area contributed by atoms with Crippen LogP contribution in [0.15, 0.2) is 59.6 Å².